The number of fused-ring (bicyclic) bond motifs is 1. The van der Waals surface area contributed by atoms with Gasteiger partial charge in [-0.15, -0.1) is 0 Å². The number of aryl methyl sites for hydroxylation is 1. The maximum Gasteiger partial charge on any atom is 0.410 e. The van der Waals surface area contributed by atoms with E-state index in [1.54, 1.807) is 6.07 Å². The Morgan fingerprint density at radius 3 is 2.70 bits per heavy atom. The number of nitrogens with zero attached hydrogens (tertiary/aromatic N) is 5. The average molecular weight is 446 g/mol. The van der Waals surface area contributed by atoms with Crippen molar-refractivity contribution in [2.75, 3.05) is 11.9 Å². The van der Waals surface area contributed by atoms with E-state index >= 15 is 0 Å². The first-order valence-corrected chi connectivity index (χ1v) is 11.6. The first-order chi connectivity index (χ1) is 14.1. The van der Waals surface area contributed by atoms with Crippen LogP contribution in [0.1, 0.15) is 57.3 Å². The fourth-order valence-corrected chi connectivity index (χ4v) is 5.83. The van der Waals surface area contributed by atoms with Gasteiger partial charge in [-0.25, -0.2) is 13.1 Å². The summed E-state index contributed by atoms with van der Waals surface area (Å²) in [5.41, 5.74) is 0.340. The van der Waals surface area contributed by atoms with Crippen LogP contribution in [-0.4, -0.2) is 51.0 Å². The Labute approximate surface area is 173 Å². The first kappa shape index (κ1) is 21.2. The number of aromatic nitrogens is 4. The van der Waals surface area contributed by atoms with Gasteiger partial charge in [-0.3, -0.25) is 4.68 Å². The van der Waals surface area contributed by atoms with Crippen LogP contribution in [0.25, 0.3) is 0 Å². The number of anilines is 1. The lowest BCUT2D eigenvalue weighted by molar-refractivity contribution is -0.173. The quantitative estimate of drug-likeness (QED) is 0.762. The number of hydrogen-bond donors (Lipinski definition) is 1. The summed E-state index contributed by atoms with van der Waals surface area (Å²) >= 11 is 0. The maximum absolute atomic E-state index is 13.6. The van der Waals surface area contributed by atoms with Crippen molar-refractivity contribution in [3.8, 4) is 0 Å². The Kier molecular flexibility index (Phi) is 5.33. The van der Waals surface area contributed by atoms with Crippen molar-refractivity contribution >= 4 is 15.8 Å². The summed E-state index contributed by atoms with van der Waals surface area (Å²) in [6.45, 7) is 4.52. The van der Waals surface area contributed by atoms with Gasteiger partial charge in [-0.2, -0.15) is 27.7 Å². The summed E-state index contributed by atoms with van der Waals surface area (Å²) in [7, 11) is -3.83. The second kappa shape index (κ2) is 7.56. The van der Waals surface area contributed by atoms with Crippen molar-refractivity contribution in [3.05, 3.63) is 24.2 Å². The molecule has 3 atom stereocenters. The maximum atomic E-state index is 13.6. The summed E-state index contributed by atoms with van der Waals surface area (Å²) in [6, 6.07) is -1.07. The predicted octanol–water partition coefficient (Wildman–Crippen LogP) is 3.32. The zero-order valence-electron chi connectivity index (χ0n) is 16.8. The van der Waals surface area contributed by atoms with Crippen LogP contribution in [0.3, 0.4) is 0 Å². The van der Waals surface area contributed by atoms with Crippen LogP contribution in [0.5, 0.6) is 0 Å². The number of nitrogens with one attached hydrogen (secondary N) is 1. The summed E-state index contributed by atoms with van der Waals surface area (Å²) < 4.78 is 71.0. The SMILES string of the molecule is CC[C@@H]1C[C@@H](C(F)(F)F)n2nc([C@@H]3CCCN3S(=O)(=O)c3cnn(CC)c3)cc2N1. The Morgan fingerprint density at radius 2 is 2.07 bits per heavy atom. The van der Waals surface area contributed by atoms with Gasteiger partial charge in [0.05, 0.1) is 17.9 Å². The minimum Gasteiger partial charge on any atom is -0.367 e. The number of rotatable bonds is 5. The molecule has 2 aliphatic rings. The van der Waals surface area contributed by atoms with E-state index in [1.807, 2.05) is 13.8 Å². The average Bonchev–Trinajstić information content (AvgIpc) is 3.44. The Morgan fingerprint density at radius 1 is 1.30 bits per heavy atom. The molecule has 1 N–H and O–H groups in total. The molecule has 2 aromatic rings. The zero-order valence-corrected chi connectivity index (χ0v) is 17.6. The molecule has 0 aliphatic carbocycles. The van der Waals surface area contributed by atoms with E-state index in [9.17, 15) is 21.6 Å². The van der Waals surface area contributed by atoms with Gasteiger partial charge in [-0.05, 0) is 32.6 Å². The van der Waals surface area contributed by atoms with Gasteiger partial charge in [0.15, 0.2) is 6.04 Å². The molecule has 1 saturated heterocycles. The van der Waals surface area contributed by atoms with Crippen molar-refractivity contribution in [3.63, 3.8) is 0 Å². The molecule has 0 bridgehead atoms. The van der Waals surface area contributed by atoms with Crippen LogP contribution >= 0.6 is 0 Å². The van der Waals surface area contributed by atoms with Gasteiger partial charge in [-0.1, -0.05) is 6.92 Å². The molecule has 4 heterocycles. The molecule has 1 fully saturated rings. The summed E-state index contributed by atoms with van der Waals surface area (Å²) in [4.78, 5) is 0.0811. The fraction of sp³-hybridized carbons (Fsp3) is 0.667. The first-order valence-electron chi connectivity index (χ1n) is 10.1. The summed E-state index contributed by atoms with van der Waals surface area (Å²) in [6.07, 6.45) is -0.0815. The molecular formula is C18H25F3N6O2S. The van der Waals surface area contributed by atoms with E-state index in [0.717, 1.165) is 4.68 Å². The van der Waals surface area contributed by atoms with Gasteiger partial charge < -0.3 is 5.32 Å². The molecule has 0 unspecified atom stereocenters. The van der Waals surface area contributed by atoms with Gasteiger partial charge in [0.1, 0.15) is 10.7 Å². The van der Waals surface area contributed by atoms with Crippen LogP contribution in [0.15, 0.2) is 23.4 Å². The molecule has 12 heteroatoms. The molecule has 0 radical (unpaired) electrons. The number of sulfonamides is 1. The predicted molar refractivity (Wildman–Crippen MR) is 103 cm³/mol. The number of hydrogen-bond acceptors (Lipinski definition) is 5. The molecule has 2 aliphatic heterocycles. The van der Waals surface area contributed by atoms with E-state index in [4.69, 9.17) is 0 Å². The molecule has 30 heavy (non-hydrogen) atoms. The number of alkyl halides is 3. The lowest BCUT2D eigenvalue weighted by Gasteiger charge is -2.32. The summed E-state index contributed by atoms with van der Waals surface area (Å²) in [5.74, 6) is 0.286. The minimum absolute atomic E-state index is 0.0811. The highest BCUT2D eigenvalue weighted by Crippen LogP contribution is 2.43. The lowest BCUT2D eigenvalue weighted by atomic mass is 10.0. The molecule has 0 saturated carbocycles. The molecule has 0 aromatic carbocycles. The Bertz CT molecular complexity index is 1020. The van der Waals surface area contributed by atoms with E-state index in [0.29, 0.717) is 38.0 Å². The third-order valence-corrected chi connectivity index (χ3v) is 7.73. The van der Waals surface area contributed by atoms with E-state index < -0.39 is 28.3 Å². The standard InChI is InChI=1S/C18H25F3N6O2S/c1-3-12-8-16(18(19,20)21)27-17(23-12)9-14(24-27)15-6-5-7-26(15)30(28,29)13-10-22-25(4-2)11-13/h9-12,15-16,23H,3-8H2,1-2H3/t12-,15+,16+/m1/s1. The van der Waals surface area contributed by atoms with Crippen molar-refractivity contribution in [2.45, 2.75) is 75.3 Å². The molecule has 8 nitrogen and oxygen atoms in total. The lowest BCUT2D eigenvalue weighted by Crippen LogP contribution is -2.39. The third kappa shape index (κ3) is 3.59. The molecular weight excluding hydrogens is 421 g/mol. The smallest absolute Gasteiger partial charge is 0.367 e. The largest absolute Gasteiger partial charge is 0.410 e. The normalized spacial score (nSPS) is 25.3. The Balaban J connectivity index is 1.68. The van der Waals surface area contributed by atoms with Gasteiger partial charge >= 0.3 is 6.18 Å². The van der Waals surface area contributed by atoms with Crippen molar-refractivity contribution < 1.29 is 21.6 Å². The summed E-state index contributed by atoms with van der Waals surface area (Å²) in [5, 5.41) is 11.4. The molecule has 0 amide bonds. The van der Waals surface area contributed by atoms with Crippen LogP contribution < -0.4 is 5.32 Å². The highest BCUT2D eigenvalue weighted by atomic mass is 32.2. The second-order valence-electron chi connectivity index (χ2n) is 7.75. The van der Waals surface area contributed by atoms with E-state index in [2.05, 4.69) is 15.5 Å². The Hall–Kier alpha value is -2.08. The van der Waals surface area contributed by atoms with Crippen LogP contribution in [0, 0.1) is 0 Å². The monoisotopic (exact) mass is 446 g/mol. The van der Waals surface area contributed by atoms with Crippen LogP contribution in [0.4, 0.5) is 19.0 Å². The minimum atomic E-state index is -4.43. The topological polar surface area (TPSA) is 85.1 Å². The number of halogens is 3. The highest BCUT2D eigenvalue weighted by molar-refractivity contribution is 7.89. The van der Waals surface area contributed by atoms with Crippen molar-refractivity contribution in [1.29, 1.82) is 0 Å². The van der Waals surface area contributed by atoms with Gasteiger partial charge in [0.25, 0.3) is 0 Å². The van der Waals surface area contributed by atoms with E-state index in [1.165, 1.54) is 21.4 Å². The molecule has 166 valence electrons. The third-order valence-electron chi connectivity index (χ3n) is 5.87. The van der Waals surface area contributed by atoms with Crippen LogP contribution in [-0.2, 0) is 16.6 Å². The van der Waals surface area contributed by atoms with Gasteiger partial charge in [0.2, 0.25) is 10.0 Å². The second-order valence-corrected chi connectivity index (χ2v) is 9.64. The van der Waals surface area contributed by atoms with Crippen LogP contribution in [0.2, 0.25) is 0 Å². The van der Waals surface area contributed by atoms with Crippen molar-refractivity contribution in [1.82, 2.24) is 23.9 Å². The fourth-order valence-electron chi connectivity index (χ4n) is 4.21. The van der Waals surface area contributed by atoms with Gasteiger partial charge in [0, 0.05) is 31.4 Å². The molecule has 2 aromatic heterocycles. The molecule has 4 rings (SSSR count). The zero-order chi connectivity index (χ0) is 21.7. The van der Waals surface area contributed by atoms with E-state index in [-0.39, 0.29) is 23.2 Å². The highest BCUT2D eigenvalue weighted by Gasteiger charge is 2.47. The van der Waals surface area contributed by atoms with Crippen molar-refractivity contribution in [2.24, 2.45) is 0 Å². The molecule has 0 spiro atoms.